The van der Waals surface area contributed by atoms with E-state index in [2.05, 4.69) is 15.7 Å². The van der Waals surface area contributed by atoms with Gasteiger partial charge in [0.25, 0.3) is 0 Å². The van der Waals surface area contributed by atoms with Crippen LogP contribution >= 0.6 is 0 Å². The molecular weight excluding hydrogens is 354 g/mol. The molecule has 0 aliphatic rings. The third kappa shape index (κ3) is 5.44. The Hall–Kier alpha value is -3.61. The first-order chi connectivity index (χ1) is 13.6. The van der Waals surface area contributed by atoms with Crippen LogP contribution in [0.5, 0.6) is 0 Å². The molecule has 0 fully saturated rings. The first-order valence-corrected chi connectivity index (χ1v) is 9.03. The molecule has 7 heteroatoms. The maximum Gasteiger partial charge on any atom is 0.312 e. The minimum absolute atomic E-state index is 0.281. The predicted octanol–water partition coefficient (Wildman–Crippen LogP) is 1.83. The Morgan fingerprint density at radius 1 is 1.00 bits per heavy atom. The summed E-state index contributed by atoms with van der Waals surface area (Å²) in [5, 5.41) is 9.66. The molecule has 3 amide bonds. The lowest BCUT2D eigenvalue weighted by Crippen LogP contribution is -2.49. The van der Waals surface area contributed by atoms with Crippen molar-refractivity contribution in [2.75, 3.05) is 0 Å². The number of nitrogens with one attached hydrogen (secondary N) is 2. The summed E-state index contributed by atoms with van der Waals surface area (Å²) in [5.41, 5.74) is 8.25. The van der Waals surface area contributed by atoms with Gasteiger partial charge in [0.05, 0.1) is 6.54 Å². The average molecular weight is 377 g/mol. The Morgan fingerprint density at radius 3 is 2.39 bits per heavy atom. The van der Waals surface area contributed by atoms with Crippen molar-refractivity contribution < 1.29 is 9.59 Å². The fraction of sp³-hybridized carbons (Fsp3) is 0.190. The van der Waals surface area contributed by atoms with Crippen molar-refractivity contribution in [3.63, 3.8) is 0 Å². The topological polar surface area (TPSA) is 102 Å². The van der Waals surface area contributed by atoms with Crippen molar-refractivity contribution in [1.29, 1.82) is 0 Å². The molecule has 4 N–H and O–H groups in total. The first kappa shape index (κ1) is 19.2. The van der Waals surface area contributed by atoms with Crippen LogP contribution in [-0.4, -0.2) is 27.8 Å². The summed E-state index contributed by atoms with van der Waals surface area (Å²) in [4.78, 5) is 24.0. The minimum atomic E-state index is -0.738. The molecule has 0 aliphatic heterocycles. The second-order valence-electron chi connectivity index (χ2n) is 6.44. The van der Waals surface area contributed by atoms with Crippen LogP contribution in [0.1, 0.15) is 16.7 Å². The third-order valence-corrected chi connectivity index (χ3v) is 4.38. The van der Waals surface area contributed by atoms with Gasteiger partial charge in [-0.15, -0.1) is 0 Å². The van der Waals surface area contributed by atoms with Gasteiger partial charge in [-0.1, -0.05) is 54.6 Å². The Bertz CT molecular complexity index is 910. The summed E-state index contributed by atoms with van der Waals surface area (Å²) in [6, 6.07) is 17.7. The van der Waals surface area contributed by atoms with E-state index in [-0.39, 0.29) is 5.91 Å². The van der Waals surface area contributed by atoms with Gasteiger partial charge in [-0.25, -0.2) is 4.79 Å². The summed E-state index contributed by atoms with van der Waals surface area (Å²) in [7, 11) is 0. The van der Waals surface area contributed by atoms with Gasteiger partial charge >= 0.3 is 6.03 Å². The van der Waals surface area contributed by atoms with E-state index < -0.39 is 12.1 Å². The molecule has 1 aromatic heterocycles. The van der Waals surface area contributed by atoms with Crippen molar-refractivity contribution >= 4 is 11.9 Å². The van der Waals surface area contributed by atoms with Crippen LogP contribution in [0, 0.1) is 0 Å². The fourth-order valence-electron chi connectivity index (χ4n) is 2.99. The molecule has 0 bridgehead atoms. The number of aromatic nitrogens is 2. The first-order valence-electron chi connectivity index (χ1n) is 9.03. The standard InChI is InChI=1S/C21H23N5O2/c22-21(28)25-19(13-16-7-2-1-3-8-16)20(27)23-14-17-9-4-5-10-18(17)15-26-12-6-11-24-26/h1-12,19H,13-15H2,(H,23,27)(H3,22,25,28). The second-order valence-corrected chi connectivity index (χ2v) is 6.44. The molecule has 0 radical (unpaired) electrons. The highest BCUT2D eigenvalue weighted by Crippen LogP contribution is 2.11. The molecular formula is C21H23N5O2. The van der Waals surface area contributed by atoms with Crippen molar-refractivity contribution in [2.45, 2.75) is 25.6 Å². The predicted molar refractivity (Wildman–Crippen MR) is 106 cm³/mol. The van der Waals surface area contributed by atoms with Crippen LogP contribution in [0.3, 0.4) is 0 Å². The fourth-order valence-corrected chi connectivity index (χ4v) is 2.99. The van der Waals surface area contributed by atoms with Crippen LogP contribution in [0.25, 0.3) is 0 Å². The quantitative estimate of drug-likeness (QED) is 0.558. The van der Waals surface area contributed by atoms with Gasteiger partial charge < -0.3 is 16.4 Å². The van der Waals surface area contributed by atoms with Gasteiger partial charge in [0, 0.05) is 25.4 Å². The largest absolute Gasteiger partial charge is 0.352 e. The number of carbonyl (C=O) groups excluding carboxylic acids is 2. The van der Waals surface area contributed by atoms with Gasteiger partial charge in [0.15, 0.2) is 0 Å². The molecule has 144 valence electrons. The van der Waals surface area contributed by atoms with Crippen LogP contribution < -0.4 is 16.4 Å². The van der Waals surface area contributed by atoms with Crippen LogP contribution in [0.4, 0.5) is 4.79 Å². The van der Waals surface area contributed by atoms with Crippen molar-refractivity contribution in [1.82, 2.24) is 20.4 Å². The summed E-state index contributed by atoms with van der Waals surface area (Å²) in [5.74, 6) is -0.281. The highest BCUT2D eigenvalue weighted by molar-refractivity contribution is 5.86. The summed E-state index contributed by atoms with van der Waals surface area (Å²) in [6.45, 7) is 0.966. The smallest absolute Gasteiger partial charge is 0.312 e. The summed E-state index contributed by atoms with van der Waals surface area (Å²) < 4.78 is 1.83. The van der Waals surface area contributed by atoms with Crippen molar-refractivity contribution in [3.8, 4) is 0 Å². The number of hydrogen-bond acceptors (Lipinski definition) is 3. The molecule has 0 saturated heterocycles. The van der Waals surface area contributed by atoms with E-state index in [0.717, 1.165) is 16.7 Å². The summed E-state index contributed by atoms with van der Waals surface area (Å²) in [6.07, 6.45) is 3.99. The van der Waals surface area contributed by atoms with Crippen molar-refractivity contribution in [2.24, 2.45) is 5.73 Å². The summed E-state index contributed by atoms with van der Waals surface area (Å²) >= 11 is 0. The van der Waals surface area contributed by atoms with Gasteiger partial charge in [-0.3, -0.25) is 9.48 Å². The SMILES string of the molecule is NC(=O)NC(Cc1ccccc1)C(=O)NCc1ccccc1Cn1cccn1. The van der Waals surface area contributed by atoms with E-state index >= 15 is 0 Å². The van der Waals surface area contributed by atoms with E-state index in [9.17, 15) is 9.59 Å². The Kier molecular flexibility index (Phi) is 6.41. The highest BCUT2D eigenvalue weighted by Gasteiger charge is 2.20. The average Bonchev–Trinajstić information content (AvgIpc) is 3.20. The molecule has 1 unspecified atom stereocenters. The van der Waals surface area contributed by atoms with Gasteiger partial charge in [0.2, 0.25) is 5.91 Å². The van der Waals surface area contributed by atoms with E-state index in [1.165, 1.54) is 0 Å². The lowest BCUT2D eigenvalue weighted by atomic mass is 10.0. The number of rotatable bonds is 8. The molecule has 1 heterocycles. The zero-order valence-electron chi connectivity index (χ0n) is 15.4. The molecule has 2 aromatic carbocycles. The van der Waals surface area contributed by atoms with E-state index in [1.54, 1.807) is 6.20 Å². The lowest BCUT2D eigenvalue weighted by molar-refractivity contribution is -0.123. The molecule has 1 atom stereocenters. The molecule has 3 aromatic rings. The van der Waals surface area contributed by atoms with Crippen molar-refractivity contribution in [3.05, 3.63) is 89.7 Å². The Morgan fingerprint density at radius 2 is 1.71 bits per heavy atom. The number of hydrogen-bond donors (Lipinski definition) is 3. The highest BCUT2D eigenvalue weighted by atomic mass is 16.2. The molecule has 0 aliphatic carbocycles. The lowest BCUT2D eigenvalue weighted by Gasteiger charge is -2.18. The van der Waals surface area contributed by atoms with Crippen LogP contribution in [0.2, 0.25) is 0 Å². The molecule has 3 rings (SSSR count). The van der Waals surface area contributed by atoms with E-state index in [0.29, 0.717) is 19.5 Å². The number of amides is 3. The molecule has 0 saturated carbocycles. The normalized spacial score (nSPS) is 11.6. The second kappa shape index (κ2) is 9.36. The Balaban J connectivity index is 1.66. The van der Waals surface area contributed by atoms with Crippen LogP contribution in [0.15, 0.2) is 73.1 Å². The number of primary amides is 1. The Labute approximate surface area is 163 Å². The number of carbonyl (C=O) groups is 2. The maximum absolute atomic E-state index is 12.7. The van der Waals surface area contributed by atoms with E-state index in [4.69, 9.17) is 5.73 Å². The number of nitrogens with two attached hydrogens (primary N) is 1. The number of nitrogens with zero attached hydrogens (tertiary/aromatic N) is 2. The van der Waals surface area contributed by atoms with Gasteiger partial charge in [-0.2, -0.15) is 5.10 Å². The monoisotopic (exact) mass is 377 g/mol. The molecule has 28 heavy (non-hydrogen) atoms. The van der Waals surface area contributed by atoms with Crippen LogP contribution in [-0.2, 0) is 24.3 Å². The molecule has 7 nitrogen and oxygen atoms in total. The zero-order valence-corrected chi connectivity index (χ0v) is 15.4. The minimum Gasteiger partial charge on any atom is -0.352 e. The molecule has 0 spiro atoms. The number of urea groups is 1. The van der Waals surface area contributed by atoms with E-state index in [1.807, 2.05) is 71.5 Å². The third-order valence-electron chi connectivity index (χ3n) is 4.38. The zero-order chi connectivity index (χ0) is 19.8. The van der Waals surface area contributed by atoms with Gasteiger partial charge in [0.1, 0.15) is 6.04 Å². The number of benzene rings is 2. The maximum atomic E-state index is 12.7. The van der Waals surface area contributed by atoms with Gasteiger partial charge in [-0.05, 0) is 22.8 Å².